The summed E-state index contributed by atoms with van der Waals surface area (Å²) in [5, 5.41) is 0. The Kier molecular flexibility index (Phi) is 1.41. The van der Waals surface area contributed by atoms with Crippen molar-refractivity contribution in [3.05, 3.63) is 12.2 Å². The second-order valence-corrected chi connectivity index (χ2v) is 5.04. The van der Waals surface area contributed by atoms with Gasteiger partial charge in [-0.15, -0.1) is 0 Å². The fraction of sp³-hybridized carbons (Fsp3) is 0.636. The molecule has 70 valence electrons. The van der Waals surface area contributed by atoms with Crippen LogP contribution in [-0.2, 0) is 9.59 Å². The predicted molar refractivity (Wildman–Crippen MR) is 49.1 cm³/mol. The highest BCUT2D eigenvalue weighted by Crippen LogP contribution is 2.49. The van der Waals surface area contributed by atoms with Crippen molar-refractivity contribution in [1.82, 2.24) is 0 Å². The zero-order chi connectivity index (χ0) is 9.85. The lowest BCUT2D eigenvalue weighted by atomic mass is 9.63. The molecule has 2 aliphatic carbocycles. The van der Waals surface area contributed by atoms with Crippen LogP contribution in [0.5, 0.6) is 0 Å². The van der Waals surface area contributed by atoms with Gasteiger partial charge in [0.1, 0.15) is 0 Å². The highest BCUT2D eigenvalue weighted by molar-refractivity contribution is 6.13. The Hall–Kier alpha value is -0.920. The van der Waals surface area contributed by atoms with E-state index in [1.54, 1.807) is 6.08 Å². The van der Waals surface area contributed by atoms with E-state index in [2.05, 4.69) is 0 Å². The molecule has 0 N–H and O–H groups in total. The Morgan fingerprint density at radius 3 is 2.46 bits per heavy atom. The zero-order valence-electron chi connectivity index (χ0n) is 8.26. The number of fused-ring (bicyclic) bond motifs is 2. The van der Waals surface area contributed by atoms with Gasteiger partial charge in [-0.2, -0.15) is 0 Å². The number of hydrogen-bond acceptors (Lipinski definition) is 2. The summed E-state index contributed by atoms with van der Waals surface area (Å²) < 4.78 is 0. The average Bonchev–Trinajstić information content (AvgIpc) is 2.21. The first-order valence-electron chi connectivity index (χ1n) is 4.65. The van der Waals surface area contributed by atoms with Crippen molar-refractivity contribution in [1.29, 1.82) is 0 Å². The van der Waals surface area contributed by atoms with Gasteiger partial charge in [-0.05, 0) is 13.3 Å². The summed E-state index contributed by atoms with van der Waals surface area (Å²) in [5.74, 6) is -0.269. The maximum Gasteiger partial charge on any atom is 0.156 e. The minimum Gasteiger partial charge on any atom is -0.298 e. The van der Waals surface area contributed by atoms with Gasteiger partial charge in [0.05, 0.1) is 5.92 Å². The molecular formula is C11H14O2. The predicted octanol–water partition coefficient (Wildman–Crippen LogP) is 1.75. The summed E-state index contributed by atoms with van der Waals surface area (Å²) in [4.78, 5) is 23.5. The summed E-state index contributed by atoms with van der Waals surface area (Å²) in [5.41, 5.74) is -0.709. The topological polar surface area (TPSA) is 34.1 Å². The summed E-state index contributed by atoms with van der Waals surface area (Å²) in [6.45, 7) is 5.79. The summed E-state index contributed by atoms with van der Waals surface area (Å²) in [6.07, 6.45) is 4.34. The van der Waals surface area contributed by atoms with E-state index in [-0.39, 0.29) is 22.4 Å². The van der Waals surface area contributed by atoms with Crippen molar-refractivity contribution in [2.75, 3.05) is 0 Å². The number of Topliss-reactive ketones (excluding diaryl/α,β-unsaturated/α-hetero) is 2. The summed E-state index contributed by atoms with van der Waals surface area (Å²) >= 11 is 0. The van der Waals surface area contributed by atoms with Crippen LogP contribution in [-0.4, -0.2) is 11.6 Å². The lowest BCUT2D eigenvalue weighted by molar-refractivity contribution is -0.145. The third-order valence-corrected chi connectivity index (χ3v) is 3.26. The number of rotatable bonds is 0. The van der Waals surface area contributed by atoms with Crippen molar-refractivity contribution >= 4 is 11.6 Å². The third-order valence-electron chi connectivity index (χ3n) is 3.26. The Morgan fingerprint density at radius 2 is 1.85 bits per heavy atom. The maximum absolute atomic E-state index is 11.8. The van der Waals surface area contributed by atoms with E-state index in [1.165, 1.54) is 0 Å². The van der Waals surface area contributed by atoms with Gasteiger partial charge in [0, 0.05) is 10.8 Å². The standard InChI is InChI=1S/C11H14O2/c1-10(2)6-11(3)5-4-7(8(10)12)9(11)13/h4-5,7H,6H2,1-3H3/t7-,11+/m0/s1. The lowest BCUT2D eigenvalue weighted by Crippen LogP contribution is -2.46. The van der Waals surface area contributed by atoms with E-state index in [1.807, 2.05) is 26.8 Å². The minimum atomic E-state index is -0.450. The number of carbonyl (C=O) groups excluding carboxylic acids is 2. The van der Waals surface area contributed by atoms with Crippen LogP contribution in [0.25, 0.3) is 0 Å². The quantitative estimate of drug-likeness (QED) is 0.418. The maximum atomic E-state index is 11.8. The molecule has 0 aliphatic heterocycles. The molecule has 2 rings (SSSR count). The monoisotopic (exact) mass is 178 g/mol. The first-order valence-corrected chi connectivity index (χ1v) is 4.65. The van der Waals surface area contributed by atoms with Crippen molar-refractivity contribution < 1.29 is 9.59 Å². The molecule has 2 heteroatoms. The van der Waals surface area contributed by atoms with E-state index in [4.69, 9.17) is 0 Å². The van der Waals surface area contributed by atoms with Gasteiger partial charge < -0.3 is 0 Å². The van der Waals surface area contributed by atoms with E-state index in [0.29, 0.717) is 6.42 Å². The summed E-state index contributed by atoms with van der Waals surface area (Å²) in [7, 11) is 0. The van der Waals surface area contributed by atoms with Crippen LogP contribution in [0.1, 0.15) is 27.2 Å². The first-order chi connectivity index (χ1) is 5.87. The van der Waals surface area contributed by atoms with Crippen LogP contribution in [0, 0.1) is 16.7 Å². The second-order valence-electron chi connectivity index (χ2n) is 5.04. The van der Waals surface area contributed by atoms with E-state index >= 15 is 0 Å². The number of carbonyl (C=O) groups is 2. The molecule has 2 aliphatic rings. The molecule has 0 aromatic rings. The molecule has 2 atom stereocenters. The van der Waals surface area contributed by atoms with Crippen molar-refractivity contribution in [3.63, 3.8) is 0 Å². The third kappa shape index (κ3) is 0.946. The van der Waals surface area contributed by atoms with Crippen LogP contribution in [0.4, 0.5) is 0 Å². The molecule has 0 amide bonds. The van der Waals surface area contributed by atoms with Crippen LogP contribution >= 0.6 is 0 Å². The second kappa shape index (κ2) is 2.11. The van der Waals surface area contributed by atoms with Crippen LogP contribution in [0.15, 0.2) is 12.2 Å². The highest BCUT2D eigenvalue weighted by Gasteiger charge is 2.54. The molecular weight excluding hydrogens is 164 g/mol. The molecule has 0 saturated heterocycles. The van der Waals surface area contributed by atoms with E-state index in [0.717, 1.165) is 0 Å². The molecule has 0 spiro atoms. The van der Waals surface area contributed by atoms with Gasteiger partial charge in [-0.3, -0.25) is 9.59 Å². The van der Waals surface area contributed by atoms with Crippen molar-refractivity contribution in [3.8, 4) is 0 Å². The van der Waals surface area contributed by atoms with Gasteiger partial charge in [0.15, 0.2) is 11.6 Å². The molecule has 2 bridgehead atoms. The van der Waals surface area contributed by atoms with Gasteiger partial charge >= 0.3 is 0 Å². The molecule has 0 heterocycles. The highest BCUT2D eigenvalue weighted by atomic mass is 16.2. The summed E-state index contributed by atoms with van der Waals surface area (Å²) in [6, 6.07) is 0. The molecule has 13 heavy (non-hydrogen) atoms. The Morgan fingerprint density at radius 1 is 1.23 bits per heavy atom. The van der Waals surface area contributed by atoms with Gasteiger partial charge in [-0.1, -0.05) is 26.0 Å². The number of allylic oxidation sites excluding steroid dienone is 2. The van der Waals surface area contributed by atoms with E-state index in [9.17, 15) is 9.59 Å². The molecule has 0 aromatic carbocycles. The Bertz CT molecular complexity index is 325. The number of ketones is 2. The smallest absolute Gasteiger partial charge is 0.156 e. The Labute approximate surface area is 78.0 Å². The normalized spacial score (nSPS) is 41.3. The SMILES string of the molecule is CC1(C)C[C@@]2(C)C=C[C@@H](C1=O)C2=O. The van der Waals surface area contributed by atoms with E-state index < -0.39 is 5.92 Å². The van der Waals surface area contributed by atoms with Crippen LogP contribution in [0.2, 0.25) is 0 Å². The van der Waals surface area contributed by atoms with Gasteiger partial charge in [0.25, 0.3) is 0 Å². The number of hydrogen-bond donors (Lipinski definition) is 0. The largest absolute Gasteiger partial charge is 0.298 e. The average molecular weight is 178 g/mol. The van der Waals surface area contributed by atoms with Gasteiger partial charge in [-0.25, -0.2) is 0 Å². The minimum absolute atomic E-state index is 0.0868. The molecule has 1 fully saturated rings. The van der Waals surface area contributed by atoms with Crippen molar-refractivity contribution in [2.24, 2.45) is 16.7 Å². The fourth-order valence-electron chi connectivity index (χ4n) is 2.61. The lowest BCUT2D eigenvalue weighted by Gasteiger charge is -2.37. The Balaban J connectivity index is 2.48. The first kappa shape index (κ1) is 8.67. The van der Waals surface area contributed by atoms with Crippen LogP contribution in [0.3, 0.4) is 0 Å². The molecule has 2 nitrogen and oxygen atoms in total. The molecule has 0 aromatic heterocycles. The molecule has 1 saturated carbocycles. The van der Waals surface area contributed by atoms with Crippen molar-refractivity contribution in [2.45, 2.75) is 27.2 Å². The zero-order valence-corrected chi connectivity index (χ0v) is 8.26. The fourth-order valence-corrected chi connectivity index (χ4v) is 2.61. The van der Waals surface area contributed by atoms with Gasteiger partial charge in [0.2, 0.25) is 0 Å². The molecule has 0 radical (unpaired) electrons. The molecule has 0 unspecified atom stereocenters. The van der Waals surface area contributed by atoms with Crippen LogP contribution < -0.4 is 0 Å².